The Morgan fingerprint density at radius 1 is 1.04 bits per heavy atom. The highest BCUT2D eigenvalue weighted by atomic mass is 15.3. The van der Waals surface area contributed by atoms with Crippen LogP contribution in [-0.2, 0) is 33.5 Å². The molecule has 3 aromatic rings. The van der Waals surface area contributed by atoms with Crippen LogP contribution in [0.1, 0.15) is 16.8 Å². The van der Waals surface area contributed by atoms with Crippen molar-refractivity contribution in [3.63, 3.8) is 0 Å². The Kier molecular flexibility index (Phi) is 3.94. The van der Waals surface area contributed by atoms with Crippen molar-refractivity contribution in [2.75, 3.05) is 13.1 Å². The van der Waals surface area contributed by atoms with E-state index in [0.717, 1.165) is 38.2 Å². The van der Waals surface area contributed by atoms with Crippen molar-refractivity contribution in [1.29, 1.82) is 0 Å². The normalized spacial score (nSPS) is 15.2. The fraction of sp³-hybridized carbons (Fsp3) is 0.368. The van der Waals surface area contributed by atoms with Crippen LogP contribution in [0.15, 0.2) is 42.7 Å². The lowest BCUT2D eigenvalue weighted by atomic mass is 10.0. The summed E-state index contributed by atoms with van der Waals surface area (Å²) >= 11 is 0. The highest BCUT2D eigenvalue weighted by Crippen LogP contribution is 2.28. The molecule has 0 saturated heterocycles. The van der Waals surface area contributed by atoms with Gasteiger partial charge in [0.2, 0.25) is 0 Å². The molecule has 2 aromatic heterocycles. The lowest BCUT2D eigenvalue weighted by Gasteiger charge is -2.18. The minimum absolute atomic E-state index is 0.968. The molecule has 3 heterocycles. The van der Waals surface area contributed by atoms with Crippen molar-refractivity contribution in [3.05, 3.63) is 59.5 Å². The summed E-state index contributed by atoms with van der Waals surface area (Å²) in [7, 11) is 4.04. The first-order valence-electron chi connectivity index (χ1n) is 8.51. The van der Waals surface area contributed by atoms with E-state index >= 15 is 0 Å². The van der Waals surface area contributed by atoms with Gasteiger partial charge in [0.25, 0.3) is 0 Å². The lowest BCUT2D eigenvalue weighted by molar-refractivity contribution is 0.277. The van der Waals surface area contributed by atoms with Crippen LogP contribution in [0.2, 0.25) is 0 Å². The first-order chi connectivity index (χ1) is 11.7. The van der Waals surface area contributed by atoms with Crippen molar-refractivity contribution in [1.82, 2.24) is 24.5 Å². The van der Waals surface area contributed by atoms with Gasteiger partial charge in [-0.3, -0.25) is 14.3 Å². The zero-order chi connectivity index (χ0) is 16.5. The number of hydrogen-bond donors (Lipinski definition) is 0. The first-order valence-corrected chi connectivity index (χ1v) is 8.51. The Morgan fingerprint density at radius 2 is 1.83 bits per heavy atom. The molecule has 5 nitrogen and oxygen atoms in total. The summed E-state index contributed by atoms with van der Waals surface area (Å²) in [4.78, 5) is 2.52. The number of aromatic nitrogens is 4. The Hall–Kier alpha value is -2.40. The minimum Gasteiger partial charge on any atom is -0.298 e. The Labute approximate surface area is 142 Å². The van der Waals surface area contributed by atoms with Crippen LogP contribution in [-0.4, -0.2) is 37.6 Å². The fourth-order valence-corrected chi connectivity index (χ4v) is 3.62. The molecule has 0 amide bonds. The number of benzene rings is 1. The maximum atomic E-state index is 4.80. The smallest absolute Gasteiger partial charge is 0.0958 e. The van der Waals surface area contributed by atoms with Gasteiger partial charge in [-0.2, -0.15) is 10.2 Å². The molecule has 1 aliphatic rings. The summed E-state index contributed by atoms with van der Waals surface area (Å²) in [6.07, 6.45) is 6.17. The fourth-order valence-electron chi connectivity index (χ4n) is 3.62. The van der Waals surface area contributed by atoms with Crippen LogP contribution < -0.4 is 0 Å². The summed E-state index contributed by atoms with van der Waals surface area (Å²) in [5.41, 5.74) is 6.44. The molecule has 0 atom stereocenters. The zero-order valence-electron chi connectivity index (χ0n) is 14.3. The molecule has 0 radical (unpaired) electrons. The highest BCUT2D eigenvalue weighted by molar-refractivity contribution is 5.64. The largest absolute Gasteiger partial charge is 0.298 e. The summed E-state index contributed by atoms with van der Waals surface area (Å²) in [5.74, 6) is 0. The Morgan fingerprint density at radius 3 is 2.58 bits per heavy atom. The molecule has 1 aliphatic heterocycles. The average molecular weight is 321 g/mol. The molecule has 0 fully saturated rings. The van der Waals surface area contributed by atoms with E-state index in [4.69, 9.17) is 5.10 Å². The second kappa shape index (κ2) is 6.24. The van der Waals surface area contributed by atoms with E-state index in [1.807, 2.05) is 17.9 Å². The van der Waals surface area contributed by atoms with E-state index in [2.05, 4.69) is 58.3 Å². The van der Waals surface area contributed by atoms with Crippen molar-refractivity contribution < 1.29 is 0 Å². The van der Waals surface area contributed by atoms with Gasteiger partial charge in [0.15, 0.2) is 0 Å². The summed E-state index contributed by atoms with van der Waals surface area (Å²) in [6.45, 7) is 3.10. The van der Waals surface area contributed by atoms with Gasteiger partial charge in [-0.05, 0) is 6.42 Å². The molecule has 1 aromatic carbocycles. The van der Waals surface area contributed by atoms with E-state index in [0.29, 0.717) is 0 Å². The summed E-state index contributed by atoms with van der Waals surface area (Å²) in [5, 5.41) is 9.08. The number of aryl methyl sites for hydroxylation is 2. The molecular weight excluding hydrogens is 298 g/mol. The van der Waals surface area contributed by atoms with Gasteiger partial charge < -0.3 is 0 Å². The maximum Gasteiger partial charge on any atom is 0.0958 e. The van der Waals surface area contributed by atoms with Crippen molar-refractivity contribution in [2.24, 2.45) is 14.1 Å². The Bertz CT molecular complexity index is 831. The lowest BCUT2D eigenvalue weighted by Crippen LogP contribution is -2.26. The molecule has 124 valence electrons. The predicted octanol–water partition coefficient (Wildman–Crippen LogP) is 2.42. The van der Waals surface area contributed by atoms with Gasteiger partial charge >= 0.3 is 0 Å². The molecule has 0 aliphatic carbocycles. The van der Waals surface area contributed by atoms with E-state index in [1.165, 1.54) is 22.4 Å². The van der Waals surface area contributed by atoms with E-state index < -0.39 is 0 Å². The SMILES string of the molecule is Cn1cc(CN2CCc3c(-c4ccccc4)nn(C)c3CC2)cn1. The zero-order valence-corrected chi connectivity index (χ0v) is 14.3. The average Bonchev–Trinajstić information content (AvgIpc) is 3.06. The van der Waals surface area contributed by atoms with Crippen LogP contribution in [0.3, 0.4) is 0 Å². The van der Waals surface area contributed by atoms with Gasteiger partial charge in [-0.15, -0.1) is 0 Å². The van der Waals surface area contributed by atoms with Crippen molar-refractivity contribution in [2.45, 2.75) is 19.4 Å². The second-order valence-corrected chi connectivity index (χ2v) is 6.56. The molecule has 5 heteroatoms. The second-order valence-electron chi connectivity index (χ2n) is 6.56. The van der Waals surface area contributed by atoms with Gasteiger partial charge in [0.05, 0.1) is 11.9 Å². The standard InChI is InChI=1S/C19H23N5/c1-22-13-15(12-20-22)14-24-10-8-17-18(9-11-24)23(2)21-19(17)16-6-4-3-5-7-16/h3-7,12-13H,8-11,14H2,1-2H3. The number of nitrogens with zero attached hydrogens (tertiary/aromatic N) is 5. The topological polar surface area (TPSA) is 38.9 Å². The van der Waals surface area contributed by atoms with Gasteiger partial charge in [-0.25, -0.2) is 0 Å². The van der Waals surface area contributed by atoms with Gasteiger partial charge in [0.1, 0.15) is 0 Å². The predicted molar refractivity (Wildman–Crippen MR) is 94.5 cm³/mol. The molecule has 0 saturated carbocycles. The summed E-state index contributed by atoms with van der Waals surface area (Å²) in [6, 6.07) is 10.5. The van der Waals surface area contributed by atoms with Crippen LogP contribution in [0, 0.1) is 0 Å². The first kappa shape index (κ1) is 15.1. The number of fused-ring (bicyclic) bond motifs is 1. The molecule has 0 N–H and O–H groups in total. The minimum atomic E-state index is 0.968. The van der Waals surface area contributed by atoms with Crippen LogP contribution >= 0.6 is 0 Å². The molecule has 0 bridgehead atoms. The molecule has 0 spiro atoms. The van der Waals surface area contributed by atoms with E-state index in [9.17, 15) is 0 Å². The Balaban J connectivity index is 1.57. The third-order valence-corrected chi connectivity index (χ3v) is 4.83. The third kappa shape index (κ3) is 2.87. The van der Waals surface area contributed by atoms with Crippen molar-refractivity contribution >= 4 is 0 Å². The third-order valence-electron chi connectivity index (χ3n) is 4.83. The number of rotatable bonds is 3. The maximum absolute atomic E-state index is 4.80. The molecule has 24 heavy (non-hydrogen) atoms. The van der Waals surface area contributed by atoms with Gasteiger partial charge in [0, 0.05) is 68.7 Å². The van der Waals surface area contributed by atoms with Crippen LogP contribution in [0.5, 0.6) is 0 Å². The van der Waals surface area contributed by atoms with Gasteiger partial charge in [-0.1, -0.05) is 30.3 Å². The quantitative estimate of drug-likeness (QED) is 0.744. The molecule has 4 rings (SSSR count). The van der Waals surface area contributed by atoms with E-state index in [1.54, 1.807) is 0 Å². The summed E-state index contributed by atoms with van der Waals surface area (Å²) < 4.78 is 3.95. The highest BCUT2D eigenvalue weighted by Gasteiger charge is 2.22. The molecular formula is C19H23N5. The van der Waals surface area contributed by atoms with E-state index in [-0.39, 0.29) is 0 Å². The molecule has 0 unspecified atom stereocenters. The van der Waals surface area contributed by atoms with Crippen LogP contribution in [0.4, 0.5) is 0 Å². The number of hydrogen-bond acceptors (Lipinski definition) is 3. The monoisotopic (exact) mass is 321 g/mol. The van der Waals surface area contributed by atoms with Crippen molar-refractivity contribution in [3.8, 4) is 11.3 Å². The van der Waals surface area contributed by atoms with Crippen LogP contribution in [0.25, 0.3) is 11.3 Å².